The number of benzene rings is 2. The van der Waals surface area contributed by atoms with E-state index in [9.17, 15) is 22.8 Å². The van der Waals surface area contributed by atoms with Gasteiger partial charge in [0.1, 0.15) is 5.39 Å². The van der Waals surface area contributed by atoms with Gasteiger partial charge >= 0.3 is 12.1 Å². The normalized spacial score (nSPS) is 11.5. The van der Waals surface area contributed by atoms with E-state index in [1.807, 2.05) is 0 Å². The fourth-order valence-electron chi connectivity index (χ4n) is 3.62. The lowest BCUT2D eigenvalue weighted by atomic mass is 10.1. The maximum absolute atomic E-state index is 13.0. The summed E-state index contributed by atoms with van der Waals surface area (Å²) in [6.07, 6.45) is -4.96. The first-order valence-corrected chi connectivity index (χ1v) is 11.8. The average Bonchev–Trinajstić information content (AvgIpc) is 2.88. The van der Waals surface area contributed by atoms with E-state index in [0.717, 1.165) is 0 Å². The van der Waals surface area contributed by atoms with Crippen LogP contribution >= 0.6 is 11.6 Å². The zero-order chi connectivity index (χ0) is 28.3. The summed E-state index contributed by atoms with van der Waals surface area (Å²) in [4.78, 5) is 40.0. The van der Waals surface area contributed by atoms with E-state index in [1.165, 1.54) is 26.4 Å². The van der Waals surface area contributed by atoms with Gasteiger partial charge in [-0.1, -0.05) is 0 Å². The lowest BCUT2D eigenvalue weighted by Gasteiger charge is -2.15. The van der Waals surface area contributed by atoms with Crippen LogP contribution in [-0.4, -0.2) is 58.8 Å². The molecular weight excluding hydrogens is 547 g/mol. The molecule has 2 heterocycles. The van der Waals surface area contributed by atoms with E-state index in [4.69, 9.17) is 25.8 Å². The summed E-state index contributed by atoms with van der Waals surface area (Å²) in [5.74, 6) is -2.39. The molecule has 0 radical (unpaired) electrons. The van der Waals surface area contributed by atoms with Crippen LogP contribution in [0.5, 0.6) is 23.0 Å². The third-order valence-corrected chi connectivity index (χ3v) is 5.64. The molecule has 206 valence electrons. The van der Waals surface area contributed by atoms with Crippen molar-refractivity contribution in [1.82, 2.24) is 19.9 Å². The van der Waals surface area contributed by atoms with Crippen LogP contribution in [0.1, 0.15) is 12.1 Å². The molecule has 2 N–H and O–H groups in total. The van der Waals surface area contributed by atoms with Crippen molar-refractivity contribution >= 4 is 51.3 Å². The zero-order valence-electron chi connectivity index (χ0n) is 20.7. The molecule has 4 rings (SSSR count). The van der Waals surface area contributed by atoms with Gasteiger partial charge in [-0.15, -0.1) is 11.6 Å². The second kappa shape index (κ2) is 11.2. The number of carbonyl (C=O) groups excluding carboxylic acids is 1. The van der Waals surface area contributed by atoms with E-state index in [0.29, 0.717) is 34.5 Å². The van der Waals surface area contributed by atoms with Gasteiger partial charge in [-0.05, 0) is 31.5 Å². The number of nitrogens with one attached hydrogen (secondary N) is 2. The predicted molar refractivity (Wildman–Crippen MR) is 136 cm³/mol. The summed E-state index contributed by atoms with van der Waals surface area (Å²) in [7, 11) is 2.98. The van der Waals surface area contributed by atoms with Crippen LogP contribution in [0, 0.1) is 6.92 Å². The van der Waals surface area contributed by atoms with Crippen LogP contribution in [-0.2, 0) is 4.79 Å². The van der Waals surface area contributed by atoms with Crippen LogP contribution < -0.4 is 29.8 Å². The number of aromatic amines is 1. The Balaban J connectivity index is 1.76. The van der Waals surface area contributed by atoms with Gasteiger partial charge in [-0.3, -0.25) is 15.1 Å². The van der Waals surface area contributed by atoms with E-state index in [-0.39, 0.29) is 35.6 Å². The number of aromatic nitrogens is 4. The van der Waals surface area contributed by atoms with Crippen molar-refractivity contribution in [3.8, 4) is 23.0 Å². The van der Waals surface area contributed by atoms with Crippen LogP contribution in [0.25, 0.3) is 21.8 Å². The number of nitrogens with zero attached hydrogens (tertiary/aromatic N) is 3. The smallest absolute Gasteiger partial charge is 0.491 e. The molecule has 39 heavy (non-hydrogen) atoms. The molecule has 2 aromatic carbocycles. The van der Waals surface area contributed by atoms with Crippen molar-refractivity contribution in [2.24, 2.45) is 0 Å². The number of carbonyl (C=O) groups is 1. The zero-order valence-corrected chi connectivity index (χ0v) is 21.5. The molecule has 0 amide bonds. The molecule has 0 saturated heterocycles. The Morgan fingerprint density at radius 2 is 1.77 bits per heavy atom. The summed E-state index contributed by atoms with van der Waals surface area (Å²) >= 11 is 5.62. The van der Waals surface area contributed by atoms with Gasteiger partial charge in [-0.25, -0.2) is 19.7 Å². The van der Waals surface area contributed by atoms with Gasteiger partial charge in [0.05, 0.1) is 37.6 Å². The quantitative estimate of drug-likeness (QED) is 0.129. The fourth-order valence-corrected chi connectivity index (χ4v) is 3.73. The van der Waals surface area contributed by atoms with Crippen molar-refractivity contribution in [2.75, 3.05) is 32.0 Å². The first-order valence-electron chi connectivity index (χ1n) is 11.3. The van der Waals surface area contributed by atoms with Crippen molar-refractivity contribution in [3.63, 3.8) is 0 Å². The highest BCUT2D eigenvalue weighted by Gasteiger charge is 2.42. The molecule has 0 bridgehead atoms. The predicted octanol–water partition coefficient (Wildman–Crippen LogP) is 4.41. The highest BCUT2D eigenvalue weighted by Crippen LogP contribution is 2.36. The molecule has 0 spiro atoms. The minimum Gasteiger partial charge on any atom is -0.493 e. The molecule has 0 aliphatic carbocycles. The number of fused-ring (bicyclic) bond motifs is 2. The van der Waals surface area contributed by atoms with Crippen LogP contribution in [0.3, 0.4) is 0 Å². The molecule has 0 saturated carbocycles. The van der Waals surface area contributed by atoms with Gasteiger partial charge in [0.2, 0.25) is 11.9 Å². The number of methoxy groups -OCH3 is 2. The van der Waals surface area contributed by atoms with Gasteiger partial charge in [-0.2, -0.15) is 13.2 Å². The molecule has 11 nitrogen and oxygen atoms in total. The molecule has 0 aliphatic heterocycles. The molecule has 2 aromatic heterocycles. The van der Waals surface area contributed by atoms with Gasteiger partial charge < -0.3 is 18.9 Å². The summed E-state index contributed by atoms with van der Waals surface area (Å²) in [5.41, 5.74) is 0.0940. The lowest BCUT2D eigenvalue weighted by Crippen LogP contribution is -2.28. The summed E-state index contributed by atoms with van der Waals surface area (Å²) < 4.78 is 59.4. The lowest BCUT2D eigenvalue weighted by molar-refractivity contribution is -0.189. The second-order valence-electron chi connectivity index (χ2n) is 7.96. The van der Waals surface area contributed by atoms with Gasteiger partial charge in [0.15, 0.2) is 23.0 Å². The SMILES string of the molecule is COc1cc2nc(Nc3nc4ccc(OCCCCl)c(OC(=O)C(F)(F)F)c4c(=O)[nH]3)nc(C)c2cc1OC. The Morgan fingerprint density at radius 1 is 1.05 bits per heavy atom. The number of aryl methyl sites for hydroxylation is 1. The van der Waals surface area contributed by atoms with Crippen LogP contribution in [0.15, 0.2) is 29.1 Å². The molecule has 0 atom stereocenters. The topological polar surface area (TPSA) is 138 Å². The monoisotopic (exact) mass is 567 g/mol. The Labute approximate surface area is 223 Å². The minimum atomic E-state index is -5.31. The second-order valence-corrected chi connectivity index (χ2v) is 8.34. The highest BCUT2D eigenvalue weighted by molar-refractivity contribution is 6.17. The van der Waals surface area contributed by atoms with Gasteiger partial charge in [0.25, 0.3) is 5.56 Å². The number of hydrogen-bond donors (Lipinski definition) is 2. The number of rotatable bonds is 9. The Morgan fingerprint density at radius 3 is 2.44 bits per heavy atom. The molecule has 0 fully saturated rings. The van der Waals surface area contributed by atoms with Crippen molar-refractivity contribution in [3.05, 3.63) is 40.3 Å². The average molecular weight is 568 g/mol. The molecule has 0 aliphatic rings. The Hall–Kier alpha value is -4.33. The number of ether oxygens (including phenoxy) is 4. The maximum Gasteiger partial charge on any atom is 0.491 e. The summed E-state index contributed by atoms with van der Waals surface area (Å²) in [6, 6.07) is 5.94. The third kappa shape index (κ3) is 5.90. The van der Waals surface area contributed by atoms with E-state index in [1.54, 1.807) is 19.1 Å². The van der Waals surface area contributed by atoms with Gasteiger partial charge in [0, 0.05) is 17.3 Å². The maximum atomic E-state index is 13.0. The van der Waals surface area contributed by atoms with Crippen molar-refractivity contribution in [1.29, 1.82) is 0 Å². The number of H-pyrrole nitrogens is 1. The molecule has 4 aromatic rings. The van der Waals surface area contributed by atoms with Crippen LogP contribution in [0.4, 0.5) is 25.1 Å². The first-order chi connectivity index (χ1) is 18.5. The first kappa shape index (κ1) is 27.7. The highest BCUT2D eigenvalue weighted by atomic mass is 35.5. The Bertz CT molecular complexity index is 1610. The van der Waals surface area contributed by atoms with E-state index < -0.39 is 28.8 Å². The standard InChI is InChI=1S/C24H21ClF3N5O6/c1-11-12-9-16(36-2)17(37-3)10-14(12)31-22(29-11)33-23-30-13-5-6-15(38-8-4-7-25)19(18(13)20(34)32-23)39-21(35)24(26,27)28/h5-6,9-10H,4,7-8H2,1-3H3,(H2,29,30,31,32,33,34). The number of esters is 1. The minimum absolute atomic E-state index is 0.00581. The third-order valence-electron chi connectivity index (χ3n) is 5.37. The number of alkyl halides is 4. The molecule has 15 heteroatoms. The number of halogens is 4. The number of anilines is 2. The fraction of sp³-hybridized carbons (Fsp3) is 0.292. The van der Waals surface area contributed by atoms with E-state index in [2.05, 4.69) is 30.0 Å². The Kier molecular flexibility index (Phi) is 7.95. The molecular formula is C24H21ClF3N5O6. The molecule has 0 unspecified atom stereocenters. The largest absolute Gasteiger partial charge is 0.493 e. The number of hydrogen-bond acceptors (Lipinski definition) is 10. The van der Waals surface area contributed by atoms with E-state index >= 15 is 0 Å². The summed E-state index contributed by atoms with van der Waals surface area (Å²) in [6.45, 7) is 1.75. The summed E-state index contributed by atoms with van der Waals surface area (Å²) in [5, 5.41) is 3.05. The van der Waals surface area contributed by atoms with Crippen molar-refractivity contribution < 1.29 is 36.9 Å². The van der Waals surface area contributed by atoms with Crippen molar-refractivity contribution in [2.45, 2.75) is 19.5 Å². The van der Waals surface area contributed by atoms with Crippen LogP contribution in [0.2, 0.25) is 0 Å².